The quantitative estimate of drug-likeness (QED) is 0.547. The van der Waals surface area contributed by atoms with Gasteiger partial charge in [-0.25, -0.2) is 0 Å². The lowest BCUT2D eigenvalue weighted by molar-refractivity contribution is -0.127. The van der Waals surface area contributed by atoms with Crippen LogP contribution in [0.15, 0.2) is 12.7 Å². The van der Waals surface area contributed by atoms with Crippen LogP contribution in [0.25, 0.3) is 0 Å². The zero-order valence-corrected chi connectivity index (χ0v) is 5.42. The van der Waals surface area contributed by atoms with E-state index < -0.39 is 5.60 Å². The molecule has 0 aromatic rings. The number of carbonyl (C=O) groups is 1. The van der Waals surface area contributed by atoms with Gasteiger partial charge >= 0.3 is 0 Å². The second-order valence-corrected chi connectivity index (χ2v) is 2.53. The summed E-state index contributed by atoms with van der Waals surface area (Å²) in [6, 6.07) is 0. The van der Waals surface area contributed by atoms with Crippen molar-refractivity contribution in [3.8, 4) is 0 Å². The Morgan fingerprint density at radius 2 is 2.56 bits per heavy atom. The average molecular weight is 126 g/mol. The molecule has 2 heteroatoms. The van der Waals surface area contributed by atoms with Crippen molar-refractivity contribution in [3.05, 3.63) is 12.7 Å². The van der Waals surface area contributed by atoms with Gasteiger partial charge in [0.05, 0.1) is 0 Å². The van der Waals surface area contributed by atoms with E-state index in [-0.39, 0.29) is 11.7 Å². The smallest absolute Gasteiger partial charge is 0.161 e. The zero-order valence-electron chi connectivity index (χ0n) is 5.42. The average Bonchev–Trinajstić information content (AvgIpc) is 2.44. The lowest BCUT2D eigenvalue weighted by Gasteiger charge is -2.00. The van der Waals surface area contributed by atoms with Crippen molar-refractivity contribution in [1.82, 2.24) is 0 Å². The predicted octanol–water partition coefficient (Wildman–Crippen LogP) is 0.512. The number of hydrogen-bond donors (Lipinski definition) is 1. The fraction of sp³-hybridized carbons (Fsp3) is 0.571. The van der Waals surface area contributed by atoms with Crippen LogP contribution in [0, 0.1) is 5.92 Å². The third kappa shape index (κ3) is 0.793. The summed E-state index contributed by atoms with van der Waals surface area (Å²) in [5.41, 5.74) is -1.04. The van der Waals surface area contributed by atoms with Crippen molar-refractivity contribution in [2.75, 3.05) is 0 Å². The molecule has 0 unspecified atom stereocenters. The zero-order chi connectivity index (χ0) is 7.07. The molecule has 0 radical (unpaired) electrons. The minimum atomic E-state index is -1.04. The highest BCUT2D eigenvalue weighted by molar-refractivity contribution is 5.88. The van der Waals surface area contributed by atoms with Crippen LogP contribution in [0.2, 0.25) is 0 Å². The van der Waals surface area contributed by atoms with E-state index >= 15 is 0 Å². The summed E-state index contributed by atoms with van der Waals surface area (Å²) in [4.78, 5) is 10.6. The van der Waals surface area contributed by atoms with Crippen LogP contribution in [0.4, 0.5) is 0 Å². The fourth-order valence-electron chi connectivity index (χ4n) is 0.959. The molecule has 2 atom stereocenters. The molecule has 1 fully saturated rings. The molecule has 1 aliphatic rings. The molecular weight excluding hydrogens is 116 g/mol. The third-order valence-electron chi connectivity index (χ3n) is 1.88. The highest BCUT2D eigenvalue weighted by Gasteiger charge is 2.54. The lowest BCUT2D eigenvalue weighted by atomic mass is 10.2. The van der Waals surface area contributed by atoms with Crippen molar-refractivity contribution in [3.63, 3.8) is 0 Å². The van der Waals surface area contributed by atoms with Gasteiger partial charge in [0.25, 0.3) is 0 Å². The maximum Gasteiger partial charge on any atom is 0.161 e. The molecule has 1 rings (SSSR count). The molecule has 2 nitrogen and oxygen atoms in total. The Morgan fingerprint density at radius 3 is 2.67 bits per heavy atom. The van der Waals surface area contributed by atoms with Crippen molar-refractivity contribution in [2.45, 2.75) is 18.9 Å². The van der Waals surface area contributed by atoms with Crippen molar-refractivity contribution < 1.29 is 9.90 Å². The molecule has 0 amide bonds. The van der Waals surface area contributed by atoms with E-state index in [2.05, 4.69) is 6.58 Å². The molecule has 0 spiro atoms. The van der Waals surface area contributed by atoms with Gasteiger partial charge in [0, 0.05) is 5.92 Å². The van der Waals surface area contributed by atoms with Crippen LogP contribution in [-0.2, 0) is 4.79 Å². The second kappa shape index (κ2) is 1.67. The summed E-state index contributed by atoms with van der Waals surface area (Å²) in [6.07, 6.45) is 2.19. The maximum absolute atomic E-state index is 10.6. The molecule has 0 aromatic heterocycles. The van der Waals surface area contributed by atoms with E-state index in [9.17, 15) is 9.90 Å². The predicted molar refractivity (Wildman–Crippen MR) is 33.9 cm³/mol. The van der Waals surface area contributed by atoms with Gasteiger partial charge < -0.3 is 5.11 Å². The van der Waals surface area contributed by atoms with Crippen LogP contribution >= 0.6 is 0 Å². The highest BCUT2D eigenvalue weighted by Crippen LogP contribution is 2.44. The summed E-state index contributed by atoms with van der Waals surface area (Å²) in [5, 5.41) is 9.25. The number of rotatable bonds is 2. The number of Topliss-reactive ketones (excluding diaryl/α,β-unsaturated/α-hetero) is 1. The van der Waals surface area contributed by atoms with Gasteiger partial charge in [-0.2, -0.15) is 0 Å². The second-order valence-electron chi connectivity index (χ2n) is 2.53. The van der Waals surface area contributed by atoms with Crippen molar-refractivity contribution in [2.24, 2.45) is 5.92 Å². The van der Waals surface area contributed by atoms with Gasteiger partial charge in [-0.15, -0.1) is 6.58 Å². The Kier molecular flexibility index (Phi) is 1.21. The lowest BCUT2D eigenvalue weighted by Crippen LogP contribution is -2.20. The molecule has 9 heavy (non-hydrogen) atoms. The molecule has 0 heterocycles. The van der Waals surface area contributed by atoms with Crippen LogP contribution in [-0.4, -0.2) is 16.5 Å². The number of ketones is 1. The largest absolute Gasteiger partial charge is 0.381 e. The molecule has 0 aromatic carbocycles. The van der Waals surface area contributed by atoms with E-state index in [1.807, 2.05) is 0 Å². The van der Waals surface area contributed by atoms with Gasteiger partial charge in [0.1, 0.15) is 5.60 Å². The molecule has 1 aliphatic carbocycles. The van der Waals surface area contributed by atoms with Crippen LogP contribution in [0.5, 0.6) is 0 Å². The van der Waals surface area contributed by atoms with E-state index in [1.165, 1.54) is 6.92 Å². The van der Waals surface area contributed by atoms with Crippen molar-refractivity contribution >= 4 is 5.78 Å². The van der Waals surface area contributed by atoms with Gasteiger partial charge in [-0.3, -0.25) is 4.79 Å². The first-order valence-electron chi connectivity index (χ1n) is 2.97. The molecule has 0 aliphatic heterocycles. The summed E-state index contributed by atoms with van der Waals surface area (Å²) >= 11 is 0. The van der Waals surface area contributed by atoms with Crippen LogP contribution in [0.3, 0.4) is 0 Å². The van der Waals surface area contributed by atoms with Crippen molar-refractivity contribution in [1.29, 1.82) is 0 Å². The fourth-order valence-corrected chi connectivity index (χ4v) is 0.959. The van der Waals surface area contributed by atoms with Gasteiger partial charge in [0.15, 0.2) is 5.78 Å². The Morgan fingerprint density at radius 1 is 2.00 bits per heavy atom. The third-order valence-corrected chi connectivity index (χ3v) is 1.88. The van der Waals surface area contributed by atoms with Gasteiger partial charge in [-0.05, 0) is 13.3 Å². The summed E-state index contributed by atoms with van der Waals surface area (Å²) in [5.74, 6) is -0.137. The molecule has 50 valence electrons. The molecule has 0 bridgehead atoms. The molecule has 1 N–H and O–H groups in total. The Balaban J connectivity index is 2.62. The Bertz CT molecular complexity index is 162. The molecule has 0 saturated heterocycles. The first-order valence-corrected chi connectivity index (χ1v) is 2.97. The summed E-state index contributed by atoms with van der Waals surface area (Å²) < 4.78 is 0. The molecular formula is C7H10O2. The number of aliphatic hydroxyl groups is 1. The topological polar surface area (TPSA) is 37.3 Å². The summed E-state index contributed by atoms with van der Waals surface area (Å²) in [6.45, 7) is 4.89. The van der Waals surface area contributed by atoms with Gasteiger partial charge in [-0.1, -0.05) is 6.08 Å². The SMILES string of the molecule is C=C[C@@H]1C[C@]1(O)C(C)=O. The Hall–Kier alpha value is -0.630. The first kappa shape index (κ1) is 6.49. The van der Waals surface area contributed by atoms with E-state index in [1.54, 1.807) is 6.08 Å². The van der Waals surface area contributed by atoms with E-state index in [0.29, 0.717) is 6.42 Å². The number of carbonyl (C=O) groups excluding carboxylic acids is 1. The first-order chi connectivity index (χ1) is 4.11. The normalized spacial score (nSPS) is 40.0. The highest BCUT2D eigenvalue weighted by atomic mass is 16.3. The minimum Gasteiger partial charge on any atom is -0.381 e. The maximum atomic E-state index is 10.6. The van der Waals surface area contributed by atoms with Gasteiger partial charge in [0.2, 0.25) is 0 Å². The van der Waals surface area contributed by atoms with E-state index in [4.69, 9.17) is 0 Å². The summed E-state index contributed by atoms with van der Waals surface area (Å²) in [7, 11) is 0. The minimum absolute atomic E-state index is 0.00926. The Labute approximate surface area is 54.2 Å². The van der Waals surface area contributed by atoms with E-state index in [0.717, 1.165) is 0 Å². The van der Waals surface area contributed by atoms with Crippen LogP contribution < -0.4 is 0 Å². The number of hydrogen-bond acceptors (Lipinski definition) is 2. The monoisotopic (exact) mass is 126 g/mol. The standard InChI is InChI=1S/C7H10O2/c1-3-6-4-7(6,9)5(2)8/h3,6,9H,1,4H2,2H3/t6-,7+/m1/s1. The molecule has 1 saturated carbocycles. The van der Waals surface area contributed by atoms with Crippen LogP contribution in [0.1, 0.15) is 13.3 Å².